The van der Waals surface area contributed by atoms with Crippen molar-refractivity contribution in [1.82, 2.24) is 0 Å². The molecule has 3 aromatic rings. The molecule has 0 saturated heterocycles. The van der Waals surface area contributed by atoms with Crippen LogP contribution in [0.15, 0.2) is 59.8 Å². The van der Waals surface area contributed by atoms with E-state index in [2.05, 4.69) is 4.74 Å². The molecule has 0 radical (unpaired) electrons. The molecule has 0 bridgehead atoms. The van der Waals surface area contributed by atoms with Gasteiger partial charge in [-0.05, 0) is 60.4 Å². The maximum Gasteiger partial charge on any atom is 0.417 e. The minimum atomic E-state index is -4.71. The highest BCUT2D eigenvalue weighted by Crippen LogP contribution is 2.40. The summed E-state index contributed by atoms with van der Waals surface area (Å²) in [5.41, 5.74) is -0.578. The van der Waals surface area contributed by atoms with Gasteiger partial charge in [-0.15, -0.1) is 0 Å². The molecule has 1 aromatic heterocycles. The summed E-state index contributed by atoms with van der Waals surface area (Å²) in [4.78, 5) is 12.5. The summed E-state index contributed by atoms with van der Waals surface area (Å²) < 4.78 is 82.5. The second-order valence-corrected chi connectivity index (χ2v) is 10.6. The maximum absolute atomic E-state index is 13.4. The normalized spacial score (nSPS) is 14.2. The SMILES string of the molecule is O=C(O[C@@H](Cc1c(Cl)c[n+]([O-])cc1Cl)c1ccc(OC(F)F)c(OCC2CC2)c1)Sc1ccccc1C(F)(F)F. The minimum Gasteiger partial charge on any atom is -0.619 e. The van der Waals surface area contributed by atoms with E-state index in [-0.39, 0.29) is 68.3 Å². The summed E-state index contributed by atoms with van der Waals surface area (Å²) in [5, 5.41) is 10.5. The lowest BCUT2D eigenvalue weighted by atomic mass is 10.0. The third kappa shape index (κ3) is 8.05. The average molecular weight is 624 g/mol. The fourth-order valence-corrected chi connectivity index (χ4v) is 5.06. The molecule has 1 aliphatic rings. The van der Waals surface area contributed by atoms with Gasteiger partial charge in [-0.1, -0.05) is 41.4 Å². The largest absolute Gasteiger partial charge is 0.619 e. The van der Waals surface area contributed by atoms with Gasteiger partial charge in [-0.25, -0.2) is 4.79 Å². The summed E-state index contributed by atoms with van der Waals surface area (Å²) in [5.74, 6) is -0.0212. The van der Waals surface area contributed by atoms with E-state index in [9.17, 15) is 32.0 Å². The van der Waals surface area contributed by atoms with Crippen LogP contribution in [0.25, 0.3) is 0 Å². The lowest BCUT2D eigenvalue weighted by molar-refractivity contribution is -0.605. The van der Waals surface area contributed by atoms with Crippen LogP contribution in [-0.4, -0.2) is 18.5 Å². The third-order valence-corrected chi connectivity index (χ3v) is 7.29. The van der Waals surface area contributed by atoms with Gasteiger partial charge in [0.15, 0.2) is 23.9 Å². The van der Waals surface area contributed by atoms with Gasteiger partial charge in [-0.3, -0.25) is 0 Å². The molecule has 2 aromatic carbocycles. The van der Waals surface area contributed by atoms with Crippen LogP contribution in [0.3, 0.4) is 0 Å². The molecule has 214 valence electrons. The Bertz CT molecular complexity index is 1350. The van der Waals surface area contributed by atoms with Gasteiger partial charge in [0, 0.05) is 16.9 Å². The van der Waals surface area contributed by atoms with E-state index in [4.69, 9.17) is 32.7 Å². The first kappa shape index (κ1) is 30.0. The Hall–Kier alpha value is -2.96. The zero-order chi connectivity index (χ0) is 29.0. The Labute approximate surface area is 239 Å². The van der Waals surface area contributed by atoms with Crippen LogP contribution in [0.2, 0.25) is 10.0 Å². The van der Waals surface area contributed by atoms with Gasteiger partial charge in [0.25, 0.3) is 0 Å². The number of pyridine rings is 1. The molecule has 1 aliphatic carbocycles. The molecule has 14 heteroatoms. The van der Waals surface area contributed by atoms with E-state index in [1.165, 1.54) is 30.3 Å². The number of aromatic nitrogens is 1. The number of carbonyl (C=O) groups is 1. The first-order valence-corrected chi connectivity index (χ1v) is 13.3. The van der Waals surface area contributed by atoms with Gasteiger partial charge in [0.1, 0.15) is 16.1 Å². The van der Waals surface area contributed by atoms with Gasteiger partial charge in [-0.2, -0.15) is 26.7 Å². The number of benzene rings is 2. The fourth-order valence-electron chi connectivity index (χ4n) is 3.68. The Kier molecular flexibility index (Phi) is 9.52. The highest BCUT2D eigenvalue weighted by Gasteiger charge is 2.34. The first-order chi connectivity index (χ1) is 18.9. The number of rotatable bonds is 10. The number of halogens is 7. The molecule has 1 saturated carbocycles. The molecular formula is C26H20Cl2F5NO5S. The summed E-state index contributed by atoms with van der Waals surface area (Å²) >= 11 is 12.6. The number of alkyl halides is 5. The fraction of sp³-hybridized carbons (Fsp3) is 0.308. The Morgan fingerprint density at radius 2 is 1.75 bits per heavy atom. The number of thioether (sulfide) groups is 1. The van der Waals surface area contributed by atoms with Crippen molar-refractivity contribution >= 4 is 40.3 Å². The Morgan fingerprint density at radius 1 is 1.07 bits per heavy atom. The molecule has 0 spiro atoms. The van der Waals surface area contributed by atoms with E-state index >= 15 is 0 Å². The zero-order valence-electron chi connectivity index (χ0n) is 20.3. The highest BCUT2D eigenvalue weighted by atomic mass is 35.5. The van der Waals surface area contributed by atoms with Crippen molar-refractivity contribution in [3.05, 3.63) is 86.8 Å². The number of ether oxygens (including phenoxy) is 3. The minimum absolute atomic E-state index is 0.0384. The maximum atomic E-state index is 13.4. The van der Waals surface area contributed by atoms with Crippen LogP contribution in [-0.2, 0) is 17.3 Å². The quantitative estimate of drug-likeness (QED) is 0.0744. The molecule has 0 N–H and O–H groups in total. The van der Waals surface area contributed by atoms with E-state index in [1.807, 2.05) is 0 Å². The summed E-state index contributed by atoms with van der Waals surface area (Å²) in [6.07, 6.45) is -2.24. The smallest absolute Gasteiger partial charge is 0.417 e. The zero-order valence-corrected chi connectivity index (χ0v) is 22.6. The Balaban J connectivity index is 1.67. The molecule has 0 amide bonds. The number of carbonyl (C=O) groups excluding carboxylic acids is 1. The summed E-state index contributed by atoms with van der Waals surface area (Å²) in [6.45, 7) is -2.88. The highest BCUT2D eigenvalue weighted by molar-refractivity contribution is 8.13. The van der Waals surface area contributed by atoms with Crippen molar-refractivity contribution in [2.75, 3.05) is 6.61 Å². The first-order valence-electron chi connectivity index (χ1n) is 11.7. The standard InChI is InChI=1S/C26H20Cl2F5NO5S/c27-18-11-34(36)12-19(28)16(18)10-21(39-25(35)40-23-4-2-1-3-17(23)26(31,32)33)15-7-8-20(38-24(29)30)22(9-15)37-13-14-5-6-14/h1-4,7-9,11-12,14,21,24H,5-6,10,13H2/t21-/m0/s1. The molecule has 0 aliphatic heterocycles. The number of hydrogen-bond acceptors (Lipinski definition) is 6. The predicted octanol–water partition coefficient (Wildman–Crippen LogP) is 8.25. The topological polar surface area (TPSA) is 71.7 Å². The average Bonchev–Trinajstić information content (AvgIpc) is 3.69. The predicted molar refractivity (Wildman–Crippen MR) is 137 cm³/mol. The Morgan fingerprint density at radius 3 is 2.38 bits per heavy atom. The van der Waals surface area contributed by atoms with Crippen molar-refractivity contribution in [3.8, 4) is 11.5 Å². The number of hydrogen-bond donors (Lipinski definition) is 0. The van der Waals surface area contributed by atoms with Gasteiger partial charge in [0.05, 0.1) is 12.2 Å². The van der Waals surface area contributed by atoms with Crippen LogP contribution >= 0.6 is 35.0 Å². The lowest BCUT2D eigenvalue weighted by Gasteiger charge is -2.21. The van der Waals surface area contributed by atoms with Gasteiger partial charge in [0.2, 0.25) is 0 Å². The van der Waals surface area contributed by atoms with Crippen LogP contribution in [0.5, 0.6) is 11.5 Å². The van der Waals surface area contributed by atoms with E-state index in [0.717, 1.165) is 37.4 Å². The van der Waals surface area contributed by atoms with Crippen LogP contribution in [0.4, 0.5) is 26.7 Å². The lowest BCUT2D eigenvalue weighted by Crippen LogP contribution is -2.25. The van der Waals surface area contributed by atoms with Gasteiger partial charge < -0.3 is 19.4 Å². The second-order valence-electron chi connectivity index (χ2n) is 8.79. The third-order valence-electron chi connectivity index (χ3n) is 5.80. The van der Waals surface area contributed by atoms with Crippen LogP contribution in [0.1, 0.15) is 35.6 Å². The molecule has 40 heavy (non-hydrogen) atoms. The van der Waals surface area contributed by atoms with Crippen molar-refractivity contribution in [2.45, 2.75) is 43.0 Å². The molecule has 1 heterocycles. The number of nitrogens with zero attached hydrogens (tertiary/aromatic N) is 1. The summed E-state index contributed by atoms with van der Waals surface area (Å²) in [7, 11) is 0. The van der Waals surface area contributed by atoms with Crippen LogP contribution in [0, 0.1) is 11.1 Å². The van der Waals surface area contributed by atoms with Crippen LogP contribution < -0.4 is 14.2 Å². The second kappa shape index (κ2) is 12.7. The van der Waals surface area contributed by atoms with Gasteiger partial charge >= 0.3 is 18.1 Å². The van der Waals surface area contributed by atoms with Crippen molar-refractivity contribution in [1.29, 1.82) is 0 Å². The van der Waals surface area contributed by atoms with Crippen molar-refractivity contribution < 1.29 is 45.7 Å². The van der Waals surface area contributed by atoms with Crippen molar-refractivity contribution in [3.63, 3.8) is 0 Å². The molecule has 4 rings (SSSR count). The molecule has 1 fully saturated rings. The van der Waals surface area contributed by atoms with E-state index in [0.29, 0.717) is 4.73 Å². The molecule has 6 nitrogen and oxygen atoms in total. The molecule has 1 atom stereocenters. The monoisotopic (exact) mass is 623 g/mol. The van der Waals surface area contributed by atoms with E-state index in [1.54, 1.807) is 0 Å². The van der Waals surface area contributed by atoms with Crippen molar-refractivity contribution in [2.24, 2.45) is 5.92 Å². The van der Waals surface area contributed by atoms with E-state index < -0.39 is 29.8 Å². The summed E-state index contributed by atoms with van der Waals surface area (Å²) in [6, 6.07) is 8.37. The molecular weight excluding hydrogens is 604 g/mol. The molecule has 0 unspecified atom stereocenters.